The van der Waals surface area contributed by atoms with Gasteiger partial charge < -0.3 is 5.11 Å². The van der Waals surface area contributed by atoms with E-state index in [1.54, 1.807) is 23.5 Å². The number of aryl methyl sites for hydroxylation is 2. The molecule has 2 aromatic rings. The number of hydrogen-bond acceptors (Lipinski definition) is 3. The molecule has 0 unspecified atom stereocenters. The zero-order valence-corrected chi connectivity index (χ0v) is 10.7. The van der Waals surface area contributed by atoms with E-state index < -0.39 is 5.97 Å². The summed E-state index contributed by atoms with van der Waals surface area (Å²) >= 11 is 1.80. The minimum absolute atomic E-state index is 0.334. The van der Waals surface area contributed by atoms with Crippen LogP contribution in [0.25, 0.3) is 0 Å². The second kappa shape index (κ2) is 4.53. The van der Waals surface area contributed by atoms with Crippen LogP contribution in [0.1, 0.15) is 37.9 Å². The van der Waals surface area contributed by atoms with Gasteiger partial charge in [-0.05, 0) is 37.0 Å². The summed E-state index contributed by atoms with van der Waals surface area (Å²) in [6.07, 6.45) is 4.33. The highest BCUT2D eigenvalue weighted by atomic mass is 32.1. The molecule has 3 rings (SSSR count). The normalized spacial score (nSPS) is 13.6. The van der Waals surface area contributed by atoms with E-state index in [9.17, 15) is 4.79 Å². The highest BCUT2D eigenvalue weighted by Gasteiger charge is 2.16. The van der Waals surface area contributed by atoms with Gasteiger partial charge in [-0.2, -0.15) is 0 Å². The van der Waals surface area contributed by atoms with Crippen molar-refractivity contribution in [2.45, 2.75) is 25.7 Å². The number of hydrogen-bond donors (Lipinski definition) is 1. The molecule has 1 aliphatic rings. The van der Waals surface area contributed by atoms with E-state index in [1.165, 1.54) is 23.4 Å². The summed E-state index contributed by atoms with van der Waals surface area (Å²) in [5.41, 5.74) is 2.73. The van der Waals surface area contributed by atoms with E-state index in [0.29, 0.717) is 5.56 Å². The Bertz CT molecular complexity index is 565. The molecule has 92 valence electrons. The molecule has 0 bridgehead atoms. The first kappa shape index (κ1) is 11.4. The van der Waals surface area contributed by atoms with Gasteiger partial charge in [0.25, 0.3) is 0 Å². The van der Waals surface area contributed by atoms with Crippen molar-refractivity contribution in [3.63, 3.8) is 0 Å². The number of carboxylic acids is 1. The van der Waals surface area contributed by atoms with E-state index in [1.807, 2.05) is 12.1 Å². The van der Waals surface area contributed by atoms with Gasteiger partial charge in [0.1, 0.15) is 0 Å². The van der Waals surface area contributed by atoms with E-state index in [4.69, 9.17) is 5.11 Å². The average Bonchev–Trinajstić information content (AvgIpc) is 2.90. The Balaban J connectivity index is 1.77. The molecule has 1 N–H and O–H groups in total. The molecular formula is C14H13NO2S. The summed E-state index contributed by atoms with van der Waals surface area (Å²) in [5.74, 6) is -0.880. The van der Waals surface area contributed by atoms with Crippen LogP contribution in [0.3, 0.4) is 0 Å². The largest absolute Gasteiger partial charge is 0.478 e. The van der Waals surface area contributed by atoms with Crippen molar-refractivity contribution in [1.82, 2.24) is 4.98 Å². The molecule has 0 spiro atoms. The molecule has 1 heterocycles. The lowest BCUT2D eigenvalue weighted by Gasteiger charge is -1.99. The first-order valence-electron chi connectivity index (χ1n) is 6.02. The molecule has 18 heavy (non-hydrogen) atoms. The molecule has 4 heteroatoms. The quantitative estimate of drug-likeness (QED) is 0.922. The molecule has 0 saturated heterocycles. The fraction of sp³-hybridized carbons (Fsp3) is 0.286. The topological polar surface area (TPSA) is 50.2 Å². The number of aromatic carboxylic acids is 1. The lowest BCUT2D eigenvalue weighted by atomic mass is 10.1. The lowest BCUT2D eigenvalue weighted by Crippen LogP contribution is -1.96. The number of thiazole rings is 1. The molecule has 1 aromatic heterocycles. The third-order valence-electron chi connectivity index (χ3n) is 3.20. The van der Waals surface area contributed by atoms with E-state index in [-0.39, 0.29) is 0 Å². The highest BCUT2D eigenvalue weighted by molar-refractivity contribution is 7.11. The van der Waals surface area contributed by atoms with Crippen molar-refractivity contribution in [1.29, 1.82) is 0 Å². The van der Waals surface area contributed by atoms with Crippen LogP contribution in [0.15, 0.2) is 24.3 Å². The summed E-state index contributed by atoms with van der Waals surface area (Å²) in [6, 6.07) is 7.05. The monoisotopic (exact) mass is 259 g/mol. The Morgan fingerprint density at radius 1 is 1.28 bits per heavy atom. The third kappa shape index (κ3) is 2.16. The van der Waals surface area contributed by atoms with Crippen molar-refractivity contribution in [3.05, 3.63) is 51.0 Å². The maximum atomic E-state index is 10.8. The Morgan fingerprint density at radius 2 is 2.06 bits per heavy atom. The molecule has 0 fully saturated rings. The van der Waals surface area contributed by atoms with Crippen LogP contribution in [-0.2, 0) is 19.3 Å². The van der Waals surface area contributed by atoms with Crippen LogP contribution in [0, 0.1) is 0 Å². The zero-order valence-electron chi connectivity index (χ0n) is 9.85. The first-order valence-corrected chi connectivity index (χ1v) is 6.84. The summed E-state index contributed by atoms with van der Waals surface area (Å²) in [7, 11) is 0. The van der Waals surface area contributed by atoms with Crippen molar-refractivity contribution >= 4 is 17.3 Å². The minimum atomic E-state index is -0.880. The molecule has 3 nitrogen and oxygen atoms in total. The van der Waals surface area contributed by atoms with Gasteiger partial charge in [-0.3, -0.25) is 0 Å². The van der Waals surface area contributed by atoms with Crippen LogP contribution in [0.2, 0.25) is 0 Å². The predicted octanol–water partition coefficient (Wildman–Crippen LogP) is 2.92. The fourth-order valence-electron chi connectivity index (χ4n) is 2.26. The summed E-state index contributed by atoms with van der Waals surface area (Å²) in [4.78, 5) is 16.8. The number of benzene rings is 1. The van der Waals surface area contributed by atoms with Crippen molar-refractivity contribution < 1.29 is 9.90 Å². The van der Waals surface area contributed by atoms with E-state index >= 15 is 0 Å². The van der Waals surface area contributed by atoms with Gasteiger partial charge in [0.05, 0.1) is 16.3 Å². The van der Waals surface area contributed by atoms with Crippen LogP contribution < -0.4 is 0 Å². The molecular weight excluding hydrogens is 246 g/mol. The Morgan fingerprint density at radius 3 is 2.72 bits per heavy atom. The average molecular weight is 259 g/mol. The minimum Gasteiger partial charge on any atom is -0.478 e. The van der Waals surface area contributed by atoms with Gasteiger partial charge in [0.15, 0.2) is 0 Å². The van der Waals surface area contributed by atoms with Crippen molar-refractivity contribution in [2.24, 2.45) is 0 Å². The third-order valence-corrected chi connectivity index (χ3v) is 4.35. The number of nitrogens with zero attached hydrogens (tertiary/aromatic N) is 1. The van der Waals surface area contributed by atoms with Crippen LogP contribution in [0.5, 0.6) is 0 Å². The van der Waals surface area contributed by atoms with E-state index in [0.717, 1.165) is 23.4 Å². The molecule has 1 aromatic carbocycles. The smallest absolute Gasteiger partial charge is 0.335 e. The van der Waals surface area contributed by atoms with Crippen LogP contribution in [0.4, 0.5) is 0 Å². The lowest BCUT2D eigenvalue weighted by molar-refractivity contribution is 0.0697. The van der Waals surface area contributed by atoms with Crippen LogP contribution in [-0.4, -0.2) is 16.1 Å². The molecule has 0 radical (unpaired) electrons. The Labute approximate surface area is 109 Å². The number of carboxylic acid groups (broad SMARTS) is 1. The van der Waals surface area contributed by atoms with Crippen LogP contribution >= 0.6 is 11.3 Å². The van der Waals surface area contributed by atoms with Gasteiger partial charge in [0, 0.05) is 11.3 Å². The summed E-state index contributed by atoms with van der Waals surface area (Å²) < 4.78 is 0. The number of rotatable bonds is 3. The maximum Gasteiger partial charge on any atom is 0.335 e. The maximum absolute atomic E-state index is 10.8. The van der Waals surface area contributed by atoms with Gasteiger partial charge in [0.2, 0.25) is 0 Å². The molecule has 1 aliphatic carbocycles. The molecule has 0 amide bonds. The summed E-state index contributed by atoms with van der Waals surface area (Å²) in [6.45, 7) is 0. The zero-order chi connectivity index (χ0) is 12.5. The Hall–Kier alpha value is -1.68. The molecule has 0 saturated carbocycles. The Kier molecular flexibility index (Phi) is 2.88. The van der Waals surface area contributed by atoms with Crippen molar-refractivity contribution in [3.8, 4) is 0 Å². The standard InChI is InChI=1S/C14H13NO2S/c16-14(17)10-6-4-9(5-7-10)8-13-15-11-2-1-3-12(11)18-13/h4-7H,1-3,8H2,(H,16,17). The summed E-state index contributed by atoms with van der Waals surface area (Å²) in [5, 5.41) is 9.98. The SMILES string of the molecule is O=C(O)c1ccc(Cc2nc3c(s2)CCC3)cc1. The fourth-order valence-corrected chi connectivity index (χ4v) is 3.45. The first-order chi connectivity index (χ1) is 8.72. The van der Waals surface area contributed by atoms with Gasteiger partial charge in [-0.25, -0.2) is 9.78 Å². The predicted molar refractivity (Wildman–Crippen MR) is 70.3 cm³/mol. The van der Waals surface area contributed by atoms with Gasteiger partial charge in [-0.15, -0.1) is 11.3 Å². The van der Waals surface area contributed by atoms with Crippen molar-refractivity contribution in [2.75, 3.05) is 0 Å². The molecule has 0 aliphatic heterocycles. The highest BCUT2D eigenvalue weighted by Crippen LogP contribution is 2.28. The van der Waals surface area contributed by atoms with Gasteiger partial charge in [-0.1, -0.05) is 12.1 Å². The van der Waals surface area contributed by atoms with E-state index in [2.05, 4.69) is 4.98 Å². The number of fused-ring (bicyclic) bond motifs is 1. The number of carbonyl (C=O) groups is 1. The second-order valence-corrected chi connectivity index (χ2v) is 5.68. The second-order valence-electron chi connectivity index (χ2n) is 4.51. The van der Waals surface area contributed by atoms with Gasteiger partial charge >= 0.3 is 5.97 Å². The number of aromatic nitrogens is 1. The molecule has 0 atom stereocenters.